The molecule has 1 fully saturated rings. The van der Waals surface area contributed by atoms with Crippen LogP contribution in [0.25, 0.3) is 0 Å². The van der Waals surface area contributed by atoms with E-state index >= 15 is 0 Å². The summed E-state index contributed by atoms with van der Waals surface area (Å²) in [5.74, 6) is 0. The lowest BCUT2D eigenvalue weighted by atomic mass is 10.1. The van der Waals surface area contributed by atoms with E-state index in [-0.39, 0.29) is 10.6 Å². The van der Waals surface area contributed by atoms with E-state index in [2.05, 4.69) is 10.2 Å². The van der Waals surface area contributed by atoms with Crippen molar-refractivity contribution in [3.63, 3.8) is 0 Å². The molecule has 0 aliphatic carbocycles. The smallest absolute Gasteiger partial charge is 0.275 e. The molecular weight excluding hydrogens is 242 g/mol. The molecule has 2 rings (SSSR count). The molecule has 0 unspecified atom stereocenters. The van der Waals surface area contributed by atoms with Crippen LogP contribution in [0.5, 0.6) is 0 Å². The predicted octanol–water partition coefficient (Wildman–Crippen LogP) is 1.65. The Hall–Kier alpha value is -1.17. The molecule has 0 bridgehead atoms. The Morgan fingerprint density at radius 1 is 1.41 bits per heavy atom. The zero-order valence-corrected chi connectivity index (χ0v) is 10.1. The second-order valence-electron chi connectivity index (χ2n) is 4.06. The van der Waals surface area contributed by atoms with Crippen molar-refractivity contribution >= 4 is 17.3 Å². The highest BCUT2D eigenvalue weighted by molar-refractivity contribution is 6.30. The first-order valence-corrected chi connectivity index (χ1v) is 5.90. The molecule has 0 aromatic heterocycles. The standard InChI is InChI=1S/C11H14ClN3O2/c12-10-2-1-9(11(7-10)15(16)17)8-14-5-3-13-4-6-14/h1-2,7,13H,3-6,8H2. The Balaban J connectivity index is 2.16. The van der Waals surface area contributed by atoms with Gasteiger partial charge in [0.15, 0.2) is 0 Å². The fourth-order valence-corrected chi connectivity index (χ4v) is 2.12. The molecule has 0 atom stereocenters. The van der Waals surface area contributed by atoms with E-state index in [1.165, 1.54) is 6.07 Å². The molecule has 0 spiro atoms. The predicted molar refractivity (Wildman–Crippen MR) is 66.3 cm³/mol. The van der Waals surface area contributed by atoms with Crippen molar-refractivity contribution in [1.29, 1.82) is 0 Å². The topological polar surface area (TPSA) is 58.4 Å². The Morgan fingerprint density at radius 2 is 2.12 bits per heavy atom. The number of hydrogen-bond donors (Lipinski definition) is 1. The van der Waals surface area contributed by atoms with E-state index in [9.17, 15) is 10.1 Å². The number of benzene rings is 1. The third kappa shape index (κ3) is 3.15. The van der Waals surface area contributed by atoms with E-state index < -0.39 is 0 Å². The van der Waals surface area contributed by atoms with Crippen LogP contribution >= 0.6 is 11.6 Å². The monoisotopic (exact) mass is 255 g/mol. The van der Waals surface area contributed by atoms with Crippen molar-refractivity contribution in [3.05, 3.63) is 38.9 Å². The summed E-state index contributed by atoms with van der Waals surface area (Å²) in [6.07, 6.45) is 0. The van der Waals surface area contributed by atoms with Crippen molar-refractivity contribution in [2.75, 3.05) is 26.2 Å². The van der Waals surface area contributed by atoms with Crippen molar-refractivity contribution in [3.8, 4) is 0 Å². The molecule has 5 nitrogen and oxygen atoms in total. The lowest BCUT2D eigenvalue weighted by Gasteiger charge is -2.26. The van der Waals surface area contributed by atoms with Crippen molar-refractivity contribution in [2.24, 2.45) is 0 Å². The number of nitrogens with one attached hydrogen (secondary N) is 1. The van der Waals surface area contributed by atoms with Gasteiger partial charge in [0.2, 0.25) is 0 Å². The van der Waals surface area contributed by atoms with Crippen LogP contribution in [-0.4, -0.2) is 36.0 Å². The van der Waals surface area contributed by atoms with E-state index in [1.807, 2.05) is 0 Å². The summed E-state index contributed by atoms with van der Waals surface area (Å²) in [4.78, 5) is 12.8. The minimum absolute atomic E-state index is 0.107. The first kappa shape index (κ1) is 12.3. The third-order valence-electron chi connectivity index (χ3n) is 2.85. The van der Waals surface area contributed by atoms with Crippen LogP contribution in [0.4, 0.5) is 5.69 Å². The van der Waals surface area contributed by atoms with Crippen LogP contribution in [0.15, 0.2) is 18.2 Å². The molecule has 0 saturated carbocycles. The fraction of sp³-hybridized carbons (Fsp3) is 0.455. The molecule has 1 saturated heterocycles. The number of hydrogen-bond acceptors (Lipinski definition) is 4. The Labute approximate surface area is 105 Å². The average Bonchev–Trinajstić information content (AvgIpc) is 2.32. The van der Waals surface area contributed by atoms with E-state index in [1.54, 1.807) is 12.1 Å². The van der Waals surface area contributed by atoms with Crippen molar-refractivity contribution < 1.29 is 4.92 Å². The second kappa shape index (κ2) is 5.44. The van der Waals surface area contributed by atoms with Gasteiger partial charge in [-0.3, -0.25) is 15.0 Å². The maximum atomic E-state index is 10.9. The summed E-state index contributed by atoms with van der Waals surface area (Å²) in [7, 11) is 0. The zero-order valence-electron chi connectivity index (χ0n) is 9.36. The van der Waals surface area contributed by atoms with Gasteiger partial charge < -0.3 is 5.32 Å². The number of rotatable bonds is 3. The van der Waals surface area contributed by atoms with Gasteiger partial charge in [-0.25, -0.2) is 0 Å². The largest absolute Gasteiger partial charge is 0.314 e. The van der Waals surface area contributed by atoms with Gasteiger partial charge >= 0.3 is 0 Å². The molecule has 0 radical (unpaired) electrons. The Kier molecular flexibility index (Phi) is 3.93. The fourth-order valence-electron chi connectivity index (χ4n) is 1.95. The number of halogens is 1. The molecule has 92 valence electrons. The van der Waals surface area contributed by atoms with Gasteiger partial charge in [0.05, 0.1) is 4.92 Å². The van der Waals surface area contributed by atoms with E-state index in [0.29, 0.717) is 11.6 Å². The van der Waals surface area contributed by atoms with E-state index in [4.69, 9.17) is 11.6 Å². The molecule has 1 aromatic rings. The molecule has 1 aromatic carbocycles. The maximum absolute atomic E-state index is 10.9. The Morgan fingerprint density at radius 3 is 2.76 bits per heavy atom. The average molecular weight is 256 g/mol. The SMILES string of the molecule is O=[N+]([O-])c1cc(Cl)ccc1CN1CCNCC1. The molecular formula is C11H14ClN3O2. The second-order valence-corrected chi connectivity index (χ2v) is 4.49. The highest BCUT2D eigenvalue weighted by Gasteiger charge is 2.18. The van der Waals surface area contributed by atoms with Gasteiger partial charge in [-0.05, 0) is 12.1 Å². The summed E-state index contributed by atoms with van der Waals surface area (Å²) in [6.45, 7) is 4.30. The van der Waals surface area contributed by atoms with Crippen molar-refractivity contribution in [2.45, 2.75) is 6.54 Å². The summed E-state index contributed by atoms with van der Waals surface area (Å²) in [6, 6.07) is 4.85. The molecule has 1 N–H and O–H groups in total. The quantitative estimate of drug-likeness (QED) is 0.659. The number of nitrogens with zero attached hydrogens (tertiary/aromatic N) is 2. The minimum Gasteiger partial charge on any atom is -0.314 e. The maximum Gasteiger partial charge on any atom is 0.275 e. The summed E-state index contributed by atoms with van der Waals surface area (Å²) >= 11 is 5.78. The Bertz CT molecular complexity index is 419. The number of nitro groups is 1. The highest BCUT2D eigenvalue weighted by atomic mass is 35.5. The van der Waals surface area contributed by atoms with E-state index in [0.717, 1.165) is 31.7 Å². The van der Waals surface area contributed by atoms with Crippen molar-refractivity contribution in [1.82, 2.24) is 10.2 Å². The van der Waals surface area contributed by atoms with Crippen LogP contribution in [0, 0.1) is 10.1 Å². The van der Waals surface area contributed by atoms with Crippen LogP contribution in [0.2, 0.25) is 5.02 Å². The van der Waals surface area contributed by atoms with Gasteiger partial charge in [-0.1, -0.05) is 11.6 Å². The molecule has 1 heterocycles. The highest BCUT2D eigenvalue weighted by Crippen LogP contribution is 2.24. The number of nitro benzene ring substituents is 1. The van der Waals surface area contributed by atoms with Crippen LogP contribution in [0.1, 0.15) is 5.56 Å². The molecule has 0 amide bonds. The van der Waals surface area contributed by atoms with Crippen LogP contribution in [-0.2, 0) is 6.54 Å². The first-order chi connectivity index (χ1) is 8.16. The lowest BCUT2D eigenvalue weighted by molar-refractivity contribution is -0.385. The normalized spacial score (nSPS) is 17.0. The third-order valence-corrected chi connectivity index (χ3v) is 3.08. The molecule has 17 heavy (non-hydrogen) atoms. The lowest BCUT2D eigenvalue weighted by Crippen LogP contribution is -2.42. The van der Waals surface area contributed by atoms with Gasteiger partial charge in [0.25, 0.3) is 5.69 Å². The summed E-state index contributed by atoms with van der Waals surface area (Å²) < 4.78 is 0. The molecule has 6 heteroatoms. The minimum atomic E-state index is -0.372. The summed E-state index contributed by atoms with van der Waals surface area (Å²) in [5.41, 5.74) is 0.831. The van der Waals surface area contributed by atoms with Gasteiger partial charge in [0.1, 0.15) is 0 Å². The van der Waals surface area contributed by atoms with Gasteiger partial charge in [-0.15, -0.1) is 0 Å². The first-order valence-electron chi connectivity index (χ1n) is 5.53. The van der Waals surface area contributed by atoms with Gasteiger partial charge in [-0.2, -0.15) is 0 Å². The zero-order chi connectivity index (χ0) is 12.3. The number of piperazine rings is 1. The van der Waals surface area contributed by atoms with Crippen LogP contribution < -0.4 is 5.32 Å². The molecule has 1 aliphatic rings. The van der Waals surface area contributed by atoms with Crippen LogP contribution in [0.3, 0.4) is 0 Å². The molecule has 1 aliphatic heterocycles. The summed E-state index contributed by atoms with van der Waals surface area (Å²) in [5, 5.41) is 14.6. The van der Waals surface area contributed by atoms with Gasteiger partial charge in [0, 0.05) is 49.4 Å².